The highest BCUT2D eigenvalue weighted by molar-refractivity contribution is 5.56. The lowest BCUT2D eigenvalue weighted by molar-refractivity contribution is 0.301. The standard InChI is InChI=1S/C17H19N/c18-12-15-11-14-8-4-5-9-16(14)17(15)10-13-6-2-1-3-7-13/h1-3,6-7,10,14-16H,4-5,8-9,11H2/b17-10-. The first-order valence-corrected chi connectivity index (χ1v) is 7.04. The maximum Gasteiger partial charge on any atom is 0.0700 e. The highest BCUT2D eigenvalue weighted by Crippen LogP contribution is 2.49. The minimum Gasteiger partial charge on any atom is -0.198 e. The van der Waals surface area contributed by atoms with Gasteiger partial charge in [0.1, 0.15) is 0 Å². The lowest BCUT2D eigenvalue weighted by Gasteiger charge is -2.25. The molecule has 0 heterocycles. The molecule has 2 aliphatic rings. The monoisotopic (exact) mass is 237 g/mol. The molecule has 2 fully saturated rings. The number of hydrogen-bond donors (Lipinski definition) is 0. The van der Waals surface area contributed by atoms with Crippen molar-refractivity contribution in [3.8, 4) is 6.07 Å². The fraction of sp³-hybridized carbons (Fsp3) is 0.471. The Bertz CT molecular complexity index is 480. The summed E-state index contributed by atoms with van der Waals surface area (Å²) in [7, 11) is 0. The largest absolute Gasteiger partial charge is 0.198 e. The first kappa shape index (κ1) is 11.5. The zero-order chi connectivity index (χ0) is 12.4. The maximum atomic E-state index is 9.37. The molecule has 3 rings (SSSR count). The quantitative estimate of drug-likeness (QED) is 0.709. The average Bonchev–Trinajstić information content (AvgIpc) is 2.78. The SMILES string of the molecule is N#CC1CC2CCCCC2/C1=C\c1ccccc1. The van der Waals surface area contributed by atoms with Gasteiger partial charge in [0.15, 0.2) is 0 Å². The van der Waals surface area contributed by atoms with Crippen LogP contribution in [0.25, 0.3) is 6.08 Å². The Morgan fingerprint density at radius 3 is 2.67 bits per heavy atom. The zero-order valence-electron chi connectivity index (χ0n) is 10.7. The number of benzene rings is 1. The van der Waals surface area contributed by atoms with E-state index >= 15 is 0 Å². The van der Waals surface area contributed by atoms with Gasteiger partial charge in [-0.1, -0.05) is 49.2 Å². The van der Waals surface area contributed by atoms with Gasteiger partial charge >= 0.3 is 0 Å². The van der Waals surface area contributed by atoms with Crippen LogP contribution in [0.5, 0.6) is 0 Å². The van der Waals surface area contributed by atoms with Crippen LogP contribution in [0.1, 0.15) is 37.7 Å². The maximum absolute atomic E-state index is 9.37. The van der Waals surface area contributed by atoms with Gasteiger partial charge in [0.25, 0.3) is 0 Å². The molecule has 0 amide bonds. The van der Waals surface area contributed by atoms with Crippen LogP contribution in [-0.2, 0) is 0 Å². The van der Waals surface area contributed by atoms with Crippen molar-refractivity contribution >= 4 is 6.08 Å². The second-order valence-electron chi connectivity index (χ2n) is 5.62. The molecule has 92 valence electrons. The molecular formula is C17H19N. The first-order chi connectivity index (χ1) is 8.88. The third-order valence-corrected chi connectivity index (χ3v) is 4.57. The Labute approximate surface area is 109 Å². The first-order valence-electron chi connectivity index (χ1n) is 7.04. The van der Waals surface area contributed by atoms with Crippen molar-refractivity contribution in [2.24, 2.45) is 17.8 Å². The topological polar surface area (TPSA) is 23.8 Å². The van der Waals surface area contributed by atoms with Gasteiger partial charge in [-0.15, -0.1) is 0 Å². The summed E-state index contributed by atoms with van der Waals surface area (Å²) in [5.74, 6) is 1.63. The molecule has 1 aromatic rings. The van der Waals surface area contributed by atoms with Gasteiger partial charge in [-0.2, -0.15) is 5.26 Å². The molecule has 1 heteroatoms. The molecule has 0 N–H and O–H groups in total. The summed E-state index contributed by atoms with van der Waals surface area (Å²) in [6.45, 7) is 0. The average molecular weight is 237 g/mol. The Hall–Kier alpha value is -1.55. The Balaban J connectivity index is 1.93. The lowest BCUT2D eigenvalue weighted by Crippen LogP contribution is -2.14. The summed E-state index contributed by atoms with van der Waals surface area (Å²) in [6, 6.07) is 13.0. The van der Waals surface area contributed by atoms with Crippen LogP contribution >= 0.6 is 0 Å². The number of nitriles is 1. The van der Waals surface area contributed by atoms with E-state index in [1.807, 2.05) is 6.07 Å². The van der Waals surface area contributed by atoms with E-state index in [9.17, 15) is 5.26 Å². The molecule has 3 atom stereocenters. The van der Waals surface area contributed by atoms with Crippen molar-refractivity contribution in [2.45, 2.75) is 32.1 Å². The van der Waals surface area contributed by atoms with E-state index in [0.29, 0.717) is 5.92 Å². The predicted molar refractivity (Wildman–Crippen MR) is 73.6 cm³/mol. The molecular weight excluding hydrogens is 218 g/mol. The van der Waals surface area contributed by atoms with E-state index in [-0.39, 0.29) is 5.92 Å². The third kappa shape index (κ3) is 2.08. The predicted octanol–water partition coefficient (Wildman–Crippen LogP) is 4.42. The van der Waals surface area contributed by atoms with E-state index in [0.717, 1.165) is 12.3 Å². The summed E-state index contributed by atoms with van der Waals surface area (Å²) >= 11 is 0. The molecule has 0 aromatic heterocycles. The van der Waals surface area contributed by atoms with Crippen LogP contribution in [0, 0.1) is 29.1 Å². The van der Waals surface area contributed by atoms with E-state index in [2.05, 4.69) is 36.4 Å². The summed E-state index contributed by atoms with van der Waals surface area (Å²) < 4.78 is 0. The van der Waals surface area contributed by atoms with Crippen LogP contribution in [0.3, 0.4) is 0 Å². The fourth-order valence-corrected chi connectivity index (χ4v) is 3.70. The van der Waals surface area contributed by atoms with E-state index in [1.165, 1.54) is 36.8 Å². The number of allylic oxidation sites excluding steroid dienone is 1. The van der Waals surface area contributed by atoms with E-state index < -0.39 is 0 Å². The smallest absolute Gasteiger partial charge is 0.0700 e. The van der Waals surface area contributed by atoms with Crippen molar-refractivity contribution in [2.75, 3.05) is 0 Å². The molecule has 2 aliphatic carbocycles. The Morgan fingerprint density at radius 2 is 1.89 bits per heavy atom. The second-order valence-corrected chi connectivity index (χ2v) is 5.62. The molecule has 1 nitrogen and oxygen atoms in total. The minimum atomic E-state index is 0.165. The second kappa shape index (κ2) is 4.98. The van der Waals surface area contributed by atoms with Gasteiger partial charge in [0, 0.05) is 0 Å². The van der Waals surface area contributed by atoms with Crippen molar-refractivity contribution in [1.82, 2.24) is 0 Å². The number of fused-ring (bicyclic) bond motifs is 1. The van der Waals surface area contributed by atoms with Crippen LogP contribution in [0.2, 0.25) is 0 Å². The van der Waals surface area contributed by atoms with Crippen LogP contribution in [0.4, 0.5) is 0 Å². The lowest BCUT2D eigenvalue weighted by atomic mass is 9.80. The van der Waals surface area contributed by atoms with Crippen LogP contribution in [0.15, 0.2) is 35.9 Å². The van der Waals surface area contributed by atoms with E-state index in [4.69, 9.17) is 0 Å². The molecule has 0 spiro atoms. The van der Waals surface area contributed by atoms with Gasteiger partial charge in [-0.3, -0.25) is 0 Å². The molecule has 0 aliphatic heterocycles. The Morgan fingerprint density at radius 1 is 1.11 bits per heavy atom. The Kier molecular flexibility index (Phi) is 3.19. The molecule has 2 saturated carbocycles. The zero-order valence-corrected chi connectivity index (χ0v) is 10.7. The molecule has 0 saturated heterocycles. The number of hydrogen-bond acceptors (Lipinski definition) is 1. The minimum absolute atomic E-state index is 0.165. The van der Waals surface area contributed by atoms with Crippen molar-refractivity contribution in [3.05, 3.63) is 41.5 Å². The van der Waals surface area contributed by atoms with Crippen molar-refractivity contribution in [1.29, 1.82) is 5.26 Å². The van der Waals surface area contributed by atoms with Gasteiger partial charge in [0.2, 0.25) is 0 Å². The normalized spacial score (nSPS) is 33.1. The molecule has 1 aromatic carbocycles. The fourth-order valence-electron chi connectivity index (χ4n) is 3.70. The summed E-state index contributed by atoms with van der Waals surface area (Å²) in [6.07, 6.45) is 8.70. The summed E-state index contributed by atoms with van der Waals surface area (Å²) in [5.41, 5.74) is 2.66. The number of rotatable bonds is 1. The van der Waals surface area contributed by atoms with Crippen LogP contribution in [-0.4, -0.2) is 0 Å². The van der Waals surface area contributed by atoms with E-state index in [1.54, 1.807) is 0 Å². The molecule has 3 unspecified atom stereocenters. The highest BCUT2D eigenvalue weighted by atomic mass is 14.4. The molecule has 0 bridgehead atoms. The summed E-state index contributed by atoms with van der Waals surface area (Å²) in [4.78, 5) is 0. The number of nitrogens with zero attached hydrogens (tertiary/aromatic N) is 1. The highest BCUT2D eigenvalue weighted by Gasteiger charge is 2.39. The van der Waals surface area contributed by atoms with Gasteiger partial charge in [-0.25, -0.2) is 0 Å². The van der Waals surface area contributed by atoms with Crippen molar-refractivity contribution < 1.29 is 0 Å². The summed E-state index contributed by atoms with van der Waals surface area (Å²) in [5, 5.41) is 9.37. The van der Waals surface area contributed by atoms with Gasteiger partial charge in [0.05, 0.1) is 12.0 Å². The van der Waals surface area contributed by atoms with Crippen LogP contribution < -0.4 is 0 Å². The van der Waals surface area contributed by atoms with Gasteiger partial charge < -0.3 is 0 Å². The van der Waals surface area contributed by atoms with Gasteiger partial charge in [-0.05, 0) is 42.2 Å². The molecule has 0 radical (unpaired) electrons. The molecule has 18 heavy (non-hydrogen) atoms. The third-order valence-electron chi connectivity index (χ3n) is 4.57. The van der Waals surface area contributed by atoms with Crippen molar-refractivity contribution in [3.63, 3.8) is 0 Å².